The van der Waals surface area contributed by atoms with Gasteiger partial charge in [-0.1, -0.05) is 23.7 Å². The third kappa shape index (κ3) is 3.78. The predicted molar refractivity (Wildman–Crippen MR) is 113 cm³/mol. The van der Waals surface area contributed by atoms with Crippen molar-refractivity contribution in [1.82, 2.24) is 14.5 Å². The number of rotatable bonds is 4. The fraction of sp³-hybridized carbons (Fsp3) is 0.286. The molecular weight excluding hydrogens is 390 g/mol. The summed E-state index contributed by atoms with van der Waals surface area (Å²) in [5.74, 6) is 0.436. The lowest BCUT2D eigenvalue weighted by atomic mass is 10.1. The molecule has 1 aliphatic heterocycles. The number of aryl methyl sites for hydroxylation is 1. The third-order valence-corrected chi connectivity index (χ3v) is 5.48. The highest BCUT2D eigenvalue weighted by molar-refractivity contribution is 6.31. The maximum atomic E-state index is 13.2. The van der Waals surface area contributed by atoms with Crippen LogP contribution in [0.1, 0.15) is 15.9 Å². The maximum Gasteiger partial charge on any atom is 0.256 e. The van der Waals surface area contributed by atoms with Crippen molar-refractivity contribution in [2.45, 2.75) is 13.5 Å². The molecule has 1 saturated heterocycles. The average molecular weight is 412 g/mol. The van der Waals surface area contributed by atoms with Crippen LogP contribution in [-0.2, 0) is 11.3 Å². The second kappa shape index (κ2) is 7.75. The Morgan fingerprint density at radius 3 is 2.62 bits per heavy atom. The Morgan fingerprint density at radius 2 is 1.93 bits per heavy atom. The van der Waals surface area contributed by atoms with E-state index < -0.39 is 5.91 Å². The first kappa shape index (κ1) is 19.3. The zero-order valence-corrected chi connectivity index (χ0v) is 16.9. The fourth-order valence-corrected chi connectivity index (χ4v) is 4.00. The number of hydrogen-bond acceptors (Lipinski definition) is 4. The number of anilines is 1. The second-order valence-corrected chi connectivity index (χ2v) is 7.66. The molecule has 2 aromatic heterocycles. The predicted octanol–water partition coefficient (Wildman–Crippen LogP) is 2.45. The molecule has 1 aliphatic rings. The van der Waals surface area contributed by atoms with Crippen molar-refractivity contribution >= 4 is 40.1 Å². The molecular formula is C21H22ClN5O2. The molecule has 0 atom stereocenters. The van der Waals surface area contributed by atoms with Gasteiger partial charge in [0.05, 0.1) is 11.1 Å². The summed E-state index contributed by atoms with van der Waals surface area (Å²) in [5.41, 5.74) is 7.77. The number of piperazine rings is 1. The van der Waals surface area contributed by atoms with Crippen molar-refractivity contribution in [3.63, 3.8) is 0 Å². The van der Waals surface area contributed by atoms with Gasteiger partial charge in [0.15, 0.2) is 0 Å². The van der Waals surface area contributed by atoms with Crippen LogP contribution in [0, 0.1) is 6.92 Å². The normalized spacial score (nSPS) is 14.4. The summed E-state index contributed by atoms with van der Waals surface area (Å²) >= 11 is 6.12. The van der Waals surface area contributed by atoms with Gasteiger partial charge < -0.3 is 20.1 Å². The summed E-state index contributed by atoms with van der Waals surface area (Å²) in [6, 6.07) is 9.27. The van der Waals surface area contributed by atoms with Gasteiger partial charge in [-0.05, 0) is 30.7 Å². The van der Waals surface area contributed by atoms with Crippen LogP contribution in [0.25, 0.3) is 10.9 Å². The van der Waals surface area contributed by atoms with Gasteiger partial charge >= 0.3 is 0 Å². The Kier molecular flexibility index (Phi) is 5.15. The quantitative estimate of drug-likeness (QED) is 0.714. The van der Waals surface area contributed by atoms with Crippen molar-refractivity contribution in [1.29, 1.82) is 0 Å². The van der Waals surface area contributed by atoms with Crippen LogP contribution in [0.5, 0.6) is 0 Å². The van der Waals surface area contributed by atoms with Crippen molar-refractivity contribution in [2.75, 3.05) is 31.1 Å². The lowest BCUT2D eigenvalue weighted by Crippen LogP contribution is -2.49. The Morgan fingerprint density at radius 1 is 1.17 bits per heavy atom. The molecule has 150 valence electrons. The Bertz CT molecular complexity index is 1090. The first-order valence-electron chi connectivity index (χ1n) is 9.46. The van der Waals surface area contributed by atoms with E-state index in [4.69, 9.17) is 17.3 Å². The average Bonchev–Trinajstić information content (AvgIpc) is 3.05. The van der Waals surface area contributed by atoms with Gasteiger partial charge in [0, 0.05) is 49.0 Å². The number of aromatic nitrogens is 2. The molecule has 2 N–H and O–H groups in total. The molecule has 0 saturated carbocycles. The second-order valence-electron chi connectivity index (χ2n) is 7.22. The molecule has 7 nitrogen and oxygen atoms in total. The van der Waals surface area contributed by atoms with Crippen molar-refractivity contribution < 1.29 is 9.59 Å². The number of nitrogens with zero attached hydrogens (tertiary/aromatic N) is 4. The summed E-state index contributed by atoms with van der Waals surface area (Å²) in [7, 11) is 0. The Hall–Kier alpha value is -3.06. The number of carbonyl (C=O) groups excluding carboxylic acids is 2. The van der Waals surface area contributed by atoms with Crippen LogP contribution in [0.15, 0.2) is 42.7 Å². The van der Waals surface area contributed by atoms with E-state index in [0.717, 1.165) is 35.4 Å². The fourth-order valence-electron chi connectivity index (χ4n) is 3.83. The molecule has 0 spiro atoms. The molecule has 1 aromatic carbocycles. The number of primary amides is 1. The summed E-state index contributed by atoms with van der Waals surface area (Å²) < 4.78 is 1.68. The largest absolute Gasteiger partial charge is 0.368 e. The van der Waals surface area contributed by atoms with E-state index >= 15 is 0 Å². The number of benzene rings is 1. The van der Waals surface area contributed by atoms with Gasteiger partial charge in [0.2, 0.25) is 5.91 Å². The van der Waals surface area contributed by atoms with Crippen LogP contribution in [-0.4, -0.2) is 52.4 Å². The molecule has 3 aromatic rings. The summed E-state index contributed by atoms with van der Waals surface area (Å²) in [6.07, 6.45) is 3.49. The van der Waals surface area contributed by atoms with Gasteiger partial charge in [0.1, 0.15) is 12.4 Å². The van der Waals surface area contributed by atoms with Gasteiger partial charge in [-0.3, -0.25) is 9.59 Å². The Labute approximate surface area is 173 Å². The summed E-state index contributed by atoms with van der Waals surface area (Å²) in [5, 5.41) is 1.31. The van der Waals surface area contributed by atoms with E-state index in [1.807, 2.05) is 30.0 Å². The first-order valence-corrected chi connectivity index (χ1v) is 9.84. The lowest BCUT2D eigenvalue weighted by Gasteiger charge is -2.36. The molecule has 1 fully saturated rings. The molecule has 8 heteroatoms. The van der Waals surface area contributed by atoms with Crippen LogP contribution in [0.4, 0.5) is 5.82 Å². The van der Waals surface area contributed by atoms with E-state index in [2.05, 4.69) is 9.88 Å². The van der Waals surface area contributed by atoms with Gasteiger partial charge in [0.25, 0.3) is 5.91 Å². The minimum Gasteiger partial charge on any atom is -0.368 e. The summed E-state index contributed by atoms with van der Waals surface area (Å²) in [4.78, 5) is 33.2. The number of pyridine rings is 1. The lowest BCUT2D eigenvalue weighted by molar-refractivity contribution is -0.118. The van der Waals surface area contributed by atoms with Crippen LogP contribution in [0.3, 0.4) is 0 Å². The SMILES string of the molecule is Cc1cccnc1N1CCN(C(=O)c2cn(CC(N)=O)c3cc(Cl)ccc23)CC1. The number of halogens is 1. The molecule has 2 amide bonds. The Balaban J connectivity index is 1.57. The van der Waals surface area contributed by atoms with Crippen LogP contribution < -0.4 is 10.6 Å². The number of carbonyl (C=O) groups is 2. The van der Waals surface area contributed by atoms with E-state index in [-0.39, 0.29) is 12.5 Å². The molecule has 4 rings (SSSR count). The minimum atomic E-state index is -0.472. The van der Waals surface area contributed by atoms with Crippen molar-refractivity contribution in [2.24, 2.45) is 5.73 Å². The van der Waals surface area contributed by atoms with E-state index in [1.54, 1.807) is 29.1 Å². The monoisotopic (exact) mass is 411 g/mol. The number of nitrogens with two attached hydrogens (primary N) is 1. The highest BCUT2D eigenvalue weighted by Crippen LogP contribution is 2.27. The van der Waals surface area contributed by atoms with Crippen molar-refractivity contribution in [3.8, 4) is 0 Å². The maximum absolute atomic E-state index is 13.2. The minimum absolute atomic E-state index is 0.00312. The van der Waals surface area contributed by atoms with Crippen molar-refractivity contribution in [3.05, 3.63) is 58.9 Å². The molecule has 0 aliphatic carbocycles. The highest BCUT2D eigenvalue weighted by Gasteiger charge is 2.26. The smallest absolute Gasteiger partial charge is 0.256 e. The van der Waals surface area contributed by atoms with Gasteiger partial charge in [-0.15, -0.1) is 0 Å². The zero-order chi connectivity index (χ0) is 20.5. The van der Waals surface area contributed by atoms with E-state index in [1.165, 1.54) is 0 Å². The molecule has 29 heavy (non-hydrogen) atoms. The van der Waals surface area contributed by atoms with Crippen LogP contribution in [0.2, 0.25) is 5.02 Å². The molecule has 0 unspecified atom stereocenters. The topological polar surface area (TPSA) is 84.5 Å². The molecule has 0 radical (unpaired) electrons. The summed E-state index contributed by atoms with van der Waals surface area (Å²) in [6.45, 7) is 4.68. The first-order chi connectivity index (χ1) is 13.9. The third-order valence-electron chi connectivity index (χ3n) is 5.25. The number of amides is 2. The standard InChI is InChI=1S/C21H22ClN5O2/c1-14-3-2-6-24-20(14)25-7-9-26(10-8-25)21(29)17-12-27(13-19(23)28)18-11-15(22)4-5-16(17)18/h2-6,11-12H,7-10,13H2,1H3,(H2,23,28). The highest BCUT2D eigenvalue weighted by atomic mass is 35.5. The van der Waals surface area contributed by atoms with Gasteiger partial charge in [-0.25, -0.2) is 4.98 Å². The zero-order valence-electron chi connectivity index (χ0n) is 16.1. The number of fused-ring (bicyclic) bond motifs is 1. The van der Waals surface area contributed by atoms with Crippen LogP contribution >= 0.6 is 11.6 Å². The molecule has 3 heterocycles. The van der Waals surface area contributed by atoms with Gasteiger partial charge in [-0.2, -0.15) is 0 Å². The number of hydrogen-bond donors (Lipinski definition) is 1. The van der Waals surface area contributed by atoms with E-state index in [9.17, 15) is 9.59 Å². The van der Waals surface area contributed by atoms with E-state index in [0.29, 0.717) is 23.7 Å². The molecule has 0 bridgehead atoms.